The first-order valence-electron chi connectivity index (χ1n) is 8.82. The average molecular weight is 314 g/mol. The second kappa shape index (κ2) is 9.51. The Morgan fingerprint density at radius 3 is 2.43 bits per heavy atom. The first-order valence-corrected chi connectivity index (χ1v) is 8.82. The number of nitrogens with zero attached hydrogens (tertiary/aromatic N) is 2. The Hall–Kier alpha value is -1.61. The van der Waals surface area contributed by atoms with Crippen molar-refractivity contribution in [3.63, 3.8) is 0 Å². The number of rotatable bonds is 7. The van der Waals surface area contributed by atoms with E-state index in [0.717, 1.165) is 25.2 Å². The van der Waals surface area contributed by atoms with E-state index >= 15 is 0 Å². The Morgan fingerprint density at radius 2 is 1.78 bits per heavy atom. The van der Waals surface area contributed by atoms with Crippen molar-refractivity contribution in [1.82, 2.24) is 9.80 Å². The van der Waals surface area contributed by atoms with Crippen molar-refractivity contribution < 1.29 is 4.79 Å². The molecular weight excluding hydrogens is 284 g/mol. The number of amides is 1. The molecule has 23 heavy (non-hydrogen) atoms. The van der Waals surface area contributed by atoms with Gasteiger partial charge < -0.3 is 9.80 Å². The molecule has 1 aliphatic rings. The van der Waals surface area contributed by atoms with E-state index in [1.807, 2.05) is 41.3 Å². The van der Waals surface area contributed by atoms with Gasteiger partial charge in [-0.2, -0.15) is 0 Å². The summed E-state index contributed by atoms with van der Waals surface area (Å²) < 4.78 is 0. The van der Waals surface area contributed by atoms with Gasteiger partial charge in [0.15, 0.2) is 0 Å². The lowest BCUT2D eigenvalue weighted by molar-refractivity contribution is -0.126. The highest BCUT2D eigenvalue weighted by Crippen LogP contribution is 2.24. The summed E-state index contributed by atoms with van der Waals surface area (Å²) in [7, 11) is 4.12. The lowest BCUT2D eigenvalue weighted by Gasteiger charge is -2.30. The third kappa shape index (κ3) is 6.57. The normalized spacial score (nSPS) is 16.1. The maximum atomic E-state index is 12.6. The van der Waals surface area contributed by atoms with E-state index in [4.69, 9.17) is 0 Å². The molecule has 0 heterocycles. The number of hydrogen-bond donors (Lipinski definition) is 0. The van der Waals surface area contributed by atoms with Crippen LogP contribution in [-0.4, -0.2) is 49.4 Å². The molecule has 2 rings (SSSR count). The van der Waals surface area contributed by atoms with E-state index in [1.54, 1.807) is 6.08 Å². The Bertz CT molecular complexity index is 490. The van der Waals surface area contributed by atoms with Crippen molar-refractivity contribution in [2.75, 3.05) is 33.7 Å². The average Bonchev–Trinajstić information content (AvgIpc) is 2.58. The lowest BCUT2D eigenvalue weighted by Crippen LogP contribution is -2.39. The smallest absolute Gasteiger partial charge is 0.246 e. The minimum atomic E-state index is 0.140. The van der Waals surface area contributed by atoms with Crippen molar-refractivity contribution >= 4 is 12.0 Å². The third-order valence-electron chi connectivity index (χ3n) is 4.55. The molecule has 0 saturated heterocycles. The molecule has 0 unspecified atom stereocenters. The van der Waals surface area contributed by atoms with Gasteiger partial charge in [-0.3, -0.25) is 4.79 Å². The minimum absolute atomic E-state index is 0.140. The summed E-state index contributed by atoms with van der Waals surface area (Å²) in [6, 6.07) is 10.0. The summed E-state index contributed by atoms with van der Waals surface area (Å²) in [5.74, 6) is 0.821. The van der Waals surface area contributed by atoms with Crippen LogP contribution in [0.5, 0.6) is 0 Å². The van der Waals surface area contributed by atoms with Gasteiger partial charge in [0.05, 0.1) is 0 Å². The van der Waals surface area contributed by atoms with Gasteiger partial charge >= 0.3 is 0 Å². The molecule has 1 aromatic rings. The van der Waals surface area contributed by atoms with Crippen LogP contribution in [0.15, 0.2) is 36.4 Å². The van der Waals surface area contributed by atoms with Crippen LogP contribution in [0.3, 0.4) is 0 Å². The summed E-state index contributed by atoms with van der Waals surface area (Å²) in [5.41, 5.74) is 1.08. The summed E-state index contributed by atoms with van der Waals surface area (Å²) in [6.07, 6.45) is 10.2. The zero-order chi connectivity index (χ0) is 16.5. The van der Waals surface area contributed by atoms with E-state index in [2.05, 4.69) is 19.0 Å². The number of carbonyl (C=O) groups is 1. The Balaban J connectivity index is 1.96. The van der Waals surface area contributed by atoms with E-state index < -0.39 is 0 Å². The molecular formula is C20H30N2O. The van der Waals surface area contributed by atoms with Crippen LogP contribution in [0.25, 0.3) is 6.08 Å². The zero-order valence-corrected chi connectivity index (χ0v) is 14.6. The molecule has 0 spiro atoms. The monoisotopic (exact) mass is 314 g/mol. The molecule has 0 aromatic heterocycles. The van der Waals surface area contributed by atoms with Crippen molar-refractivity contribution in [3.05, 3.63) is 42.0 Å². The minimum Gasteiger partial charge on any atom is -0.338 e. The Morgan fingerprint density at radius 1 is 1.09 bits per heavy atom. The molecule has 1 fully saturated rings. The highest BCUT2D eigenvalue weighted by molar-refractivity contribution is 5.91. The molecule has 3 heteroatoms. The van der Waals surface area contributed by atoms with E-state index in [-0.39, 0.29) is 5.91 Å². The van der Waals surface area contributed by atoms with Crippen LogP contribution in [0, 0.1) is 5.92 Å². The molecule has 0 radical (unpaired) electrons. The number of hydrogen-bond acceptors (Lipinski definition) is 2. The molecule has 0 atom stereocenters. The Labute approximate surface area is 141 Å². The predicted molar refractivity (Wildman–Crippen MR) is 97.2 cm³/mol. The SMILES string of the molecule is CN(C)CCN(CC1CCCCC1)C(=O)C=Cc1ccccc1. The quantitative estimate of drug-likeness (QED) is 0.717. The van der Waals surface area contributed by atoms with Gasteiger partial charge in [-0.1, -0.05) is 49.6 Å². The van der Waals surface area contributed by atoms with Gasteiger partial charge in [-0.15, -0.1) is 0 Å². The summed E-state index contributed by atoms with van der Waals surface area (Å²) in [5, 5.41) is 0. The fourth-order valence-electron chi connectivity index (χ4n) is 3.13. The Kier molecular flexibility index (Phi) is 7.34. The number of likely N-dealkylation sites (N-methyl/N-ethyl adjacent to an activating group) is 1. The lowest BCUT2D eigenvalue weighted by atomic mass is 9.89. The van der Waals surface area contributed by atoms with Gasteiger partial charge in [0.25, 0.3) is 0 Å². The second-order valence-corrected chi connectivity index (χ2v) is 6.84. The molecule has 1 saturated carbocycles. The fourth-order valence-corrected chi connectivity index (χ4v) is 3.13. The standard InChI is InChI=1S/C20H30N2O/c1-21(2)15-16-22(17-19-11-7-4-8-12-19)20(23)14-13-18-9-5-3-6-10-18/h3,5-6,9-10,13-14,19H,4,7-8,11-12,15-17H2,1-2H3. The van der Waals surface area contributed by atoms with Gasteiger partial charge in [0.1, 0.15) is 0 Å². The zero-order valence-electron chi connectivity index (χ0n) is 14.6. The maximum Gasteiger partial charge on any atom is 0.246 e. The van der Waals surface area contributed by atoms with Crippen LogP contribution in [0.4, 0.5) is 0 Å². The third-order valence-corrected chi connectivity index (χ3v) is 4.55. The molecule has 1 amide bonds. The molecule has 1 aromatic carbocycles. The summed E-state index contributed by atoms with van der Waals surface area (Å²) in [6.45, 7) is 2.63. The molecule has 0 N–H and O–H groups in total. The van der Waals surface area contributed by atoms with Gasteiger partial charge in [0, 0.05) is 25.7 Å². The van der Waals surface area contributed by atoms with Crippen molar-refractivity contribution in [2.45, 2.75) is 32.1 Å². The van der Waals surface area contributed by atoms with E-state index in [1.165, 1.54) is 32.1 Å². The summed E-state index contributed by atoms with van der Waals surface area (Å²) in [4.78, 5) is 16.8. The van der Waals surface area contributed by atoms with Crippen LogP contribution in [0.1, 0.15) is 37.7 Å². The molecule has 0 bridgehead atoms. The van der Waals surface area contributed by atoms with Crippen LogP contribution in [0.2, 0.25) is 0 Å². The van der Waals surface area contributed by atoms with Crippen LogP contribution in [-0.2, 0) is 4.79 Å². The van der Waals surface area contributed by atoms with Crippen molar-refractivity contribution in [2.24, 2.45) is 5.92 Å². The van der Waals surface area contributed by atoms with Crippen LogP contribution >= 0.6 is 0 Å². The van der Waals surface area contributed by atoms with Gasteiger partial charge in [-0.05, 0) is 44.5 Å². The van der Waals surface area contributed by atoms with Gasteiger partial charge in [-0.25, -0.2) is 0 Å². The second-order valence-electron chi connectivity index (χ2n) is 6.84. The topological polar surface area (TPSA) is 23.6 Å². The van der Waals surface area contributed by atoms with Gasteiger partial charge in [0.2, 0.25) is 5.91 Å². The highest BCUT2D eigenvalue weighted by atomic mass is 16.2. The summed E-state index contributed by atoms with van der Waals surface area (Å²) >= 11 is 0. The van der Waals surface area contributed by atoms with E-state index in [0.29, 0.717) is 5.92 Å². The number of benzene rings is 1. The first kappa shape index (κ1) is 17.7. The molecule has 0 aliphatic heterocycles. The van der Waals surface area contributed by atoms with Crippen molar-refractivity contribution in [3.8, 4) is 0 Å². The molecule has 126 valence electrons. The largest absolute Gasteiger partial charge is 0.338 e. The number of carbonyl (C=O) groups excluding carboxylic acids is 1. The van der Waals surface area contributed by atoms with E-state index in [9.17, 15) is 4.79 Å². The fraction of sp³-hybridized carbons (Fsp3) is 0.550. The first-order chi connectivity index (χ1) is 11.1. The highest BCUT2D eigenvalue weighted by Gasteiger charge is 2.19. The maximum absolute atomic E-state index is 12.6. The molecule has 3 nitrogen and oxygen atoms in total. The predicted octanol–water partition coefficient (Wildman–Crippen LogP) is 3.67. The molecule has 1 aliphatic carbocycles. The van der Waals surface area contributed by atoms with Crippen LogP contribution < -0.4 is 0 Å². The van der Waals surface area contributed by atoms with Crippen molar-refractivity contribution in [1.29, 1.82) is 0 Å².